The van der Waals surface area contributed by atoms with Crippen molar-refractivity contribution in [2.45, 2.75) is 13.3 Å². The summed E-state index contributed by atoms with van der Waals surface area (Å²) in [6, 6.07) is 19.0. The Bertz CT molecular complexity index is 453. The molecule has 2 aromatic carbocycles. The van der Waals surface area contributed by atoms with Crippen LogP contribution in [0.1, 0.15) is 11.1 Å². The number of benzene rings is 2. The molecule has 1 N–H and O–H groups in total. The van der Waals surface area contributed by atoms with Crippen molar-refractivity contribution >= 4 is 17.6 Å². The van der Waals surface area contributed by atoms with Gasteiger partial charge in [0.05, 0.1) is 0 Å². The highest BCUT2D eigenvalue weighted by Gasteiger charge is 1.96. The molecule has 2 aromatic rings. The SMILES string of the molecule is Cc1ccccc1NSCCc1ccccc1. The number of hydrogen-bond acceptors (Lipinski definition) is 2. The van der Waals surface area contributed by atoms with Crippen LogP contribution in [0.15, 0.2) is 54.6 Å². The summed E-state index contributed by atoms with van der Waals surface area (Å²) in [6.07, 6.45) is 1.10. The van der Waals surface area contributed by atoms with Crippen LogP contribution in [0.25, 0.3) is 0 Å². The highest BCUT2D eigenvalue weighted by molar-refractivity contribution is 8.00. The van der Waals surface area contributed by atoms with Gasteiger partial charge in [0.1, 0.15) is 0 Å². The van der Waals surface area contributed by atoms with Crippen LogP contribution in [-0.4, -0.2) is 5.75 Å². The van der Waals surface area contributed by atoms with Gasteiger partial charge in [-0.2, -0.15) is 0 Å². The molecule has 0 aliphatic rings. The van der Waals surface area contributed by atoms with Gasteiger partial charge in [-0.05, 0) is 30.5 Å². The minimum atomic E-state index is 1.08. The molecule has 2 rings (SSSR count). The van der Waals surface area contributed by atoms with E-state index in [9.17, 15) is 0 Å². The van der Waals surface area contributed by atoms with Crippen LogP contribution in [0, 0.1) is 6.92 Å². The zero-order valence-corrected chi connectivity index (χ0v) is 10.8. The van der Waals surface area contributed by atoms with E-state index in [2.05, 4.69) is 66.2 Å². The van der Waals surface area contributed by atoms with E-state index in [-0.39, 0.29) is 0 Å². The molecular weight excluding hydrogens is 226 g/mol. The maximum Gasteiger partial charge on any atom is 0.0469 e. The summed E-state index contributed by atoms with van der Waals surface area (Å²) in [4.78, 5) is 0. The Kier molecular flexibility index (Phi) is 4.51. The Labute approximate surface area is 107 Å². The smallest absolute Gasteiger partial charge is 0.0469 e. The zero-order valence-electron chi connectivity index (χ0n) is 10.0. The van der Waals surface area contributed by atoms with E-state index in [0.29, 0.717) is 0 Å². The first kappa shape index (κ1) is 12.1. The molecule has 0 heterocycles. The van der Waals surface area contributed by atoms with Gasteiger partial charge in [0.25, 0.3) is 0 Å². The molecule has 88 valence electrons. The summed E-state index contributed by atoms with van der Waals surface area (Å²) in [7, 11) is 0. The second-order valence-corrected chi connectivity index (χ2v) is 4.90. The van der Waals surface area contributed by atoms with E-state index in [4.69, 9.17) is 0 Å². The van der Waals surface area contributed by atoms with E-state index in [1.165, 1.54) is 16.8 Å². The average molecular weight is 243 g/mol. The zero-order chi connectivity index (χ0) is 11.9. The van der Waals surface area contributed by atoms with Crippen LogP contribution in [0.4, 0.5) is 5.69 Å². The Hall–Kier alpha value is -1.41. The van der Waals surface area contributed by atoms with Gasteiger partial charge in [0.15, 0.2) is 0 Å². The minimum absolute atomic E-state index is 1.08. The van der Waals surface area contributed by atoms with Gasteiger partial charge in [0, 0.05) is 11.4 Å². The average Bonchev–Trinajstić information content (AvgIpc) is 2.38. The summed E-state index contributed by atoms with van der Waals surface area (Å²) in [6.45, 7) is 2.13. The molecule has 0 radical (unpaired) electrons. The lowest BCUT2D eigenvalue weighted by atomic mass is 10.2. The van der Waals surface area contributed by atoms with Gasteiger partial charge >= 0.3 is 0 Å². The van der Waals surface area contributed by atoms with Crippen molar-refractivity contribution < 1.29 is 0 Å². The fourth-order valence-corrected chi connectivity index (χ4v) is 2.45. The molecule has 0 aromatic heterocycles. The molecule has 0 saturated heterocycles. The minimum Gasteiger partial charge on any atom is -0.329 e. The van der Waals surface area contributed by atoms with E-state index >= 15 is 0 Å². The first-order chi connectivity index (χ1) is 8.36. The molecule has 2 heteroatoms. The van der Waals surface area contributed by atoms with Gasteiger partial charge < -0.3 is 4.72 Å². The Morgan fingerprint density at radius 1 is 0.941 bits per heavy atom. The third-order valence-corrected chi connectivity index (χ3v) is 3.44. The predicted octanol–water partition coefficient (Wildman–Crippen LogP) is 4.30. The topological polar surface area (TPSA) is 12.0 Å². The lowest BCUT2D eigenvalue weighted by molar-refractivity contribution is 1.16. The van der Waals surface area contributed by atoms with Crippen molar-refractivity contribution in [1.82, 2.24) is 0 Å². The van der Waals surface area contributed by atoms with E-state index in [1.54, 1.807) is 11.9 Å². The van der Waals surface area contributed by atoms with Crippen molar-refractivity contribution in [2.24, 2.45) is 0 Å². The number of aryl methyl sites for hydroxylation is 2. The first-order valence-corrected chi connectivity index (χ1v) is 6.82. The lowest BCUT2D eigenvalue weighted by Gasteiger charge is -2.08. The molecule has 0 spiro atoms. The Morgan fingerprint density at radius 2 is 1.65 bits per heavy atom. The molecule has 0 fully saturated rings. The van der Waals surface area contributed by atoms with Crippen LogP contribution in [0.3, 0.4) is 0 Å². The maximum atomic E-state index is 3.40. The van der Waals surface area contributed by atoms with Crippen LogP contribution >= 0.6 is 11.9 Å². The fraction of sp³-hybridized carbons (Fsp3) is 0.200. The molecule has 0 aliphatic heterocycles. The van der Waals surface area contributed by atoms with E-state index in [1.807, 2.05) is 0 Å². The van der Waals surface area contributed by atoms with Gasteiger partial charge in [-0.1, -0.05) is 60.5 Å². The molecule has 0 aliphatic carbocycles. The molecule has 0 amide bonds. The number of hydrogen-bond donors (Lipinski definition) is 1. The van der Waals surface area contributed by atoms with Crippen molar-refractivity contribution in [3.63, 3.8) is 0 Å². The van der Waals surface area contributed by atoms with E-state index < -0.39 is 0 Å². The van der Waals surface area contributed by atoms with Crippen LogP contribution in [-0.2, 0) is 6.42 Å². The van der Waals surface area contributed by atoms with Crippen molar-refractivity contribution in [3.8, 4) is 0 Å². The molecule has 0 saturated carbocycles. The second-order valence-electron chi connectivity index (χ2n) is 4.00. The van der Waals surface area contributed by atoms with Crippen molar-refractivity contribution in [2.75, 3.05) is 10.5 Å². The summed E-state index contributed by atoms with van der Waals surface area (Å²) >= 11 is 1.77. The number of para-hydroxylation sites is 1. The largest absolute Gasteiger partial charge is 0.329 e. The first-order valence-electron chi connectivity index (χ1n) is 5.83. The summed E-state index contributed by atoms with van der Waals surface area (Å²) in [5.41, 5.74) is 3.90. The maximum absolute atomic E-state index is 3.40. The van der Waals surface area contributed by atoms with Crippen LogP contribution < -0.4 is 4.72 Å². The molecule has 0 bridgehead atoms. The van der Waals surface area contributed by atoms with Gasteiger partial charge in [-0.25, -0.2) is 0 Å². The van der Waals surface area contributed by atoms with Crippen LogP contribution in [0.5, 0.6) is 0 Å². The van der Waals surface area contributed by atoms with Crippen molar-refractivity contribution in [1.29, 1.82) is 0 Å². The molecule has 17 heavy (non-hydrogen) atoms. The third-order valence-electron chi connectivity index (χ3n) is 2.66. The summed E-state index contributed by atoms with van der Waals surface area (Å²) in [5.74, 6) is 1.08. The van der Waals surface area contributed by atoms with E-state index in [0.717, 1.165) is 12.2 Å². The van der Waals surface area contributed by atoms with Crippen molar-refractivity contribution in [3.05, 3.63) is 65.7 Å². The predicted molar refractivity (Wildman–Crippen MR) is 77.4 cm³/mol. The van der Waals surface area contributed by atoms with Crippen LogP contribution in [0.2, 0.25) is 0 Å². The standard InChI is InChI=1S/C15H17NS/c1-13-7-5-6-10-15(13)16-17-12-11-14-8-3-2-4-9-14/h2-10,16H,11-12H2,1H3. The summed E-state index contributed by atoms with van der Waals surface area (Å²) in [5, 5.41) is 0. The molecule has 0 unspecified atom stereocenters. The molecule has 0 atom stereocenters. The van der Waals surface area contributed by atoms with Gasteiger partial charge in [0.2, 0.25) is 0 Å². The monoisotopic (exact) mass is 243 g/mol. The quantitative estimate of drug-likeness (QED) is 0.621. The lowest BCUT2D eigenvalue weighted by Crippen LogP contribution is -1.94. The number of nitrogens with one attached hydrogen (secondary N) is 1. The molecular formula is C15H17NS. The number of anilines is 1. The summed E-state index contributed by atoms with van der Waals surface area (Å²) < 4.78 is 3.40. The number of rotatable bonds is 5. The van der Waals surface area contributed by atoms with Gasteiger partial charge in [-0.3, -0.25) is 0 Å². The Morgan fingerprint density at radius 3 is 2.41 bits per heavy atom. The molecule has 1 nitrogen and oxygen atoms in total. The Balaban J connectivity index is 1.76. The second kappa shape index (κ2) is 6.36. The highest BCUT2D eigenvalue weighted by Crippen LogP contribution is 2.17. The third kappa shape index (κ3) is 3.82. The highest BCUT2D eigenvalue weighted by atomic mass is 32.2. The fourth-order valence-electron chi connectivity index (χ4n) is 1.63. The van der Waals surface area contributed by atoms with Gasteiger partial charge in [-0.15, -0.1) is 0 Å². The normalized spacial score (nSPS) is 10.2.